The number of aliphatic hydroxyl groups excluding tert-OH is 1. The van der Waals surface area contributed by atoms with Gasteiger partial charge < -0.3 is 48.5 Å². The first-order valence-electron chi connectivity index (χ1n) is 20.0. The third-order valence-electron chi connectivity index (χ3n) is 14.4. The molecule has 0 bridgehead atoms. The van der Waals surface area contributed by atoms with E-state index in [0.29, 0.717) is 6.42 Å². The first-order valence-corrected chi connectivity index (χ1v) is 20.0. The van der Waals surface area contributed by atoms with E-state index < -0.39 is 41.3 Å². The Morgan fingerprint density at radius 3 is 2.23 bits per heavy atom. The largest absolute Gasteiger partial charge is 0.481 e. The number of aliphatic hydroxyl groups is 2. The molecule has 1 radical (unpaired) electrons. The second-order valence-electron chi connectivity index (χ2n) is 18.4. The second-order valence-corrected chi connectivity index (χ2v) is 18.4. The van der Waals surface area contributed by atoms with Gasteiger partial charge in [0.05, 0.1) is 72.6 Å². The molecule has 0 amide bonds. The van der Waals surface area contributed by atoms with Crippen LogP contribution in [0.1, 0.15) is 120 Å². The van der Waals surface area contributed by atoms with Crippen molar-refractivity contribution in [3.63, 3.8) is 0 Å². The molecular weight excluding hydrogens is 679 g/mol. The third kappa shape index (κ3) is 7.85. The molecule has 1 spiro atoms. The van der Waals surface area contributed by atoms with Crippen LogP contribution in [0, 0.1) is 41.4 Å². The molecule has 19 atom stereocenters. The zero-order chi connectivity index (χ0) is 37.3. The van der Waals surface area contributed by atoms with Crippen LogP contribution in [0.4, 0.5) is 0 Å². The molecule has 6 rings (SSSR count). The zero-order valence-corrected chi connectivity index (χ0v) is 35.8. The van der Waals surface area contributed by atoms with Crippen LogP contribution >= 0.6 is 0 Å². The molecular formula is C40H68NaO11. The molecule has 6 aliphatic heterocycles. The molecule has 0 aromatic heterocycles. The van der Waals surface area contributed by atoms with Gasteiger partial charge in [-0.2, -0.15) is 0 Å². The SMILES string of the molecule is COC1CC(CC2CCC(C)C(C(C)C(=O)O)O2)OC2(OC(C)(C3CCC(C)(C4OC(C5OC(O)(CO)C(C)CC5C)CC4C)O3)CC2C)C1C.[Na]. The van der Waals surface area contributed by atoms with Crippen LogP contribution < -0.4 is 0 Å². The van der Waals surface area contributed by atoms with E-state index in [2.05, 4.69) is 48.5 Å². The van der Waals surface area contributed by atoms with E-state index in [1.54, 1.807) is 14.0 Å². The summed E-state index contributed by atoms with van der Waals surface area (Å²) in [6, 6.07) is 0. The zero-order valence-electron chi connectivity index (χ0n) is 33.8. The topological polar surface area (TPSA) is 142 Å². The van der Waals surface area contributed by atoms with Crippen molar-refractivity contribution in [2.75, 3.05) is 13.7 Å². The Balaban J connectivity index is 0.00000523. The molecule has 0 aliphatic carbocycles. The van der Waals surface area contributed by atoms with E-state index >= 15 is 0 Å². The van der Waals surface area contributed by atoms with Gasteiger partial charge in [0.25, 0.3) is 0 Å². The number of carboxylic acids is 1. The van der Waals surface area contributed by atoms with Gasteiger partial charge in [0, 0.05) is 67.3 Å². The van der Waals surface area contributed by atoms with Gasteiger partial charge in [0.2, 0.25) is 0 Å². The minimum absolute atomic E-state index is 0. The number of hydrogen-bond acceptors (Lipinski definition) is 10. The summed E-state index contributed by atoms with van der Waals surface area (Å²) in [5.74, 6) is -3.26. The standard InChI is InChI=1S/C40H68O11.Na/c1-21-11-12-28(46-33(21)26(6)36(42)43)17-29-18-30(45-10)27(7)40(48-29)25(5)19-38(9,51-40)32-13-14-37(8,49-32)35-23(3)16-31(47-35)34-22(2)15-24(4)39(44,20-41)50-34;/h21-35,41,44H,11-20H2,1-10H3,(H,42,43);. The minimum atomic E-state index is -1.55. The van der Waals surface area contributed by atoms with Crippen molar-refractivity contribution in [1.82, 2.24) is 0 Å². The average molecular weight is 748 g/mol. The maximum Gasteiger partial charge on any atom is 0.308 e. The molecule has 6 aliphatic rings. The van der Waals surface area contributed by atoms with E-state index in [1.165, 1.54) is 0 Å². The summed E-state index contributed by atoms with van der Waals surface area (Å²) in [5, 5.41) is 30.7. The normalized spacial score (nSPS) is 53.2. The number of methoxy groups -OCH3 is 1. The number of carboxylic acid groups (broad SMARTS) is 1. The van der Waals surface area contributed by atoms with Crippen molar-refractivity contribution in [1.29, 1.82) is 0 Å². The van der Waals surface area contributed by atoms with Gasteiger partial charge in [-0.05, 0) is 83.5 Å². The van der Waals surface area contributed by atoms with Crippen molar-refractivity contribution in [2.45, 2.75) is 192 Å². The average Bonchev–Trinajstić information content (AvgIpc) is 3.75. The maximum atomic E-state index is 11.8. The minimum Gasteiger partial charge on any atom is -0.481 e. The summed E-state index contributed by atoms with van der Waals surface area (Å²) in [5.41, 5.74) is -1.10. The molecule has 19 unspecified atom stereocenters. The molecule has 6 fully saturated rings. The molecule has 0 aromatic carbocycles. The first kappa shape index (κ1) is 43.2. The fourth-order valence-electron chi connectivity index (χ4n) is 11.3. The van der Waals surface area contributed by atoms with Gasteiger partial charge in [0.15, 0.2) is 11.6 Å². The fourth-order valence-corrected chi connectivity index (χ4v) is 11.3. The van der Waals surface area contributed by atoms with Crippen LogP contribution in [0.2, 0.25) is 0 Å². The van der Waals surface area contributed by atoms with Gasteiger partial charge in [-0.1, -0.05) is 41.5 Å². The van der Waals surface area contributed by atoms with E-state index in [9.17, 15) is 20.1 Å². The van der Waals surface area contributed by atoms with Crippen LogP contribution in [0.5, 0.6) is 0 Å². The van der Waals surface area contributed by atoms with E-state index in [0.717, 1.165) is 51.4 Å². The van der Waals surface area contributed by atoms with Crippen LogP contribution in [0.3, 0.4) is 0 Å². The molecule has 0 saturated carbocycles. The number of aliphatic carboxylic acids is 1. The van der Waals surface area contributed by atoms with Crippen molar-refractivity contribution in [2.24, 2.45) is 41.4 Å². The molecule has 0 aromatic rings. The first-order chi connectivity index (χ1) is 23.9. The van der Waals surface area contributed by atoms with Gasteiger partial charge >= 0.3 is 5.97 Å². The van der Waals surface area contributed by atoms with Crippen molar-refractivity contribution in [3.05, 3.63) is 0 Å². The van der Waals surface area contributed by atoms with Crippen molar-refractivity contribution < 1.29 is 53.3 Å². The Labute approximate surface area is 334 Å². The number of rotatable bonds is 9. The molecule has 6 heterocycles. The Kier molecular flexibility index (Phi) is 13.4. The van der Waals surface area contributed by atoms with Crippen LogP contribution in [-0.2, 0) is 38.0 Å². The van der Waals surface area contributed by atoms with Crippen LogP contribution in [0.25, 0.3) is 0 Å². The Hall–Kier alpha value is 0.110. The summed E-state index contributed by atoms with van der Waals surface area (Å²) in [7, 11) is 1.77. The van der Waals surface area contributed by atoms with Gasteiger partial charge in [-0.25, -0.2) is 0 Å². The van der Waals surface area contributed by atoms with Crippen LogP contribution in [-0.4, -0.2) is 136 Å². The number of hydrogen-bond donors (Lipinski definition) is 3. The van der Waals surface area contributed by atoms with Crippen LogP contribution in [0.15, 0.2) is 0 Å². The Morgan fingerprint density at radius 1 is 0.865 bits per heavy atom. The van der Waals surface area contributed by atoms with E-state index in [1.807, 2.05) is 6.92 Å². The fraction of sp³-hybridized carbons (Fsp3) is 0.975. The van der Waals surface area contributed by atoms with Gasteiger partial charge in [-0.15, -0.1) is 0 Å². The molecule has 52 heavy (non-hydrogen) atoms. The summed E-state index contributed by atoms with van der Waals surface area (Å²) in [6.45, 7) is 18.4. The number of carbonyl (C=O) groups is 1. The third-order valence-corrected chi connectivity index (χ3v) is 14.4. The second kappa shape index (κ2) is 16.2. The predicted molar refractivity (Wildman–Crippen MR) is 194 cm³/mol. The van der Waals surface area contributed by atoms with Crippen molar-refractivity contribution >= 4 is 35.5 Å². The summed E-state index contributed by atoms with van der Waals surface area (Å²) >= 11 is 0. The summed E-state index contributed by atoms with van der Waals surface area (Å²) < 4.78 is 47.0. The Morgan fingerprint density at radius 2 is 1.58 bits per heavy atom. The molecule has 3 N–H and O–H groups in total. The smallest absolute Gasteiger partial charge is 0.308 e. The van der Waals surface area contributed by atoms with E-state index in [-0.39, 0.29) is 114 Å². The summed E-state index contributed by atoms with van der Waals surface area (Å²) in [4.78, 5) is 11.8. The monoisotopic (exact) mass is 747 g/mol. The van der Waals surface area contributed by atoms with Gasteiger partial charge in [0.1, 0.15) is 0 Å². The maximum absolute atomic E-state index is 11.8. The predicted octanol–water partition coefficient (Wildman–Crippen LogP) is 5.32. The van der Waals surface area contributed by atoms with E-state index in [4.69, 9.17) is 33.2 Å². The summed E-state index contributed by atoms with van der Waals surface area (Å²) in [6.07, 6.45) is 5.85. The number of ether oxygens (including phenoxy) is 7. The molecule has 12 heteroatoms. The van der Waals surface area contributed by atoms with Crippen molar-refractivity contribution in [3.8, 4) is 0 Å². The molecule has 6 saturated heterocycles. The molecule has 11 nitrogen and oxygen atoms in total. The van der Waals surface area contributed by atoms with Gasteiger partial charge in [-0.3, -0.25) is 4.79 Å². The quantitative estimate of drug-likeness (QED) is 0.264. The molecule has 295 valence electrons. The Bertz CT molecular complexity index is 1240.